The number of esters is 1. The minimum atomic E-state index is -1.15. The fraction of sp³-hybridized carbons (Fsp3) is 0.258. The van der Waals surface area contributed by atoms with Crippen LogP contribution in [0.2, 0.25) is 0 Å². The van der Waals surface area contributed by atoms with Gasteiger partial charge in [-0.3, -0.25) is 5.43 Å². The third kappa shape index (κ3) is 9.20. The number of ether oxygens (including phenoxy) is 4. The summed E-state index contributed by atoms with van der Waals surface area (Å²) >= 11 is 4.35. The molecule has 45 heavy (non-hydrogen) atoms. The minimum Gasteiger partial charge on any atom is -0.490 e. The van der Waals surface area contributed by atoms with E-state index in [9.17, 15) is 19.1 Å². The number of hydrazone groups is 1. The molecule has 0 aliphatic carbocycles. The first-order valence-corrected chi connectivity index (χ1v) is 15.8. The van der Waals surface area contributed by atoms with E-state index < -0.39 is 24.3 Å². The molecule has 0 unspecified atom stereocenters. The van der Waals surface area contributed by atoms with Crippen molar-refractivity contribution >= 4 is 63.4 Å². The van der Waals surface area contributed by atoms with Gasteiger partial charge in [0, 0.05) is 5.70 Å². The minimum absolute atomic E-state index is 0.154. The normalized spacial score (nSPS) is 15.3. The summed E-state index contributed by atoms with van der Waals surface area (Å²) in [7, 11) is 1.27. The van der Waals surface area contributed by atoms with Crippen LogP contribution in [0.3, 0.4) is 0 Å². The van der Waals surface area contributed by atoms with E-state index in [0.717, 1.165) is 18.3 Å². The van der Waals surface area contributed by atoms with Gasteiger partial charge in [-0.05, 0) is 112 Å². The fourth-order valence-electron chi connectivity index (χ4n) is 4.35. The number of nitrogens with one attached hydrogen (secondary N) is 3. The Morgan fingerprint density at radius 3 is 2.47 bits per heavy atom. The molecule has 14 heteroatoms. The summed E-state index contributed by atoms with van der Waals surface area (Å²) in [6.07, 6.45) is 0.423. The molecule has 238 valence electrons. The maximum atomic E-state index is 13.2. The molecule has 4 rings (SSSR count). The molecular formula is C31H31FI2N4O7. The van der Waals surface area contributed by atoms with Crippen molar-refractivity contribution in [1.82, 2.24) is 16.1 Å². The van der Waals surface area contributed by atoms with E-state index in [1.165, 1.54) is 19.2 Å². The number of methoxy groups -OCH3 is 1. The average Bonchev–Trinajstić information content (AvgIpc) is 3.00. The second kappa shape index (κ2) is 16.1. The van der Waals surface area contributed by atoms with Gasteiger partial charge in [0.05, 0.1) is 38.7 Å². The van der Waals surface area contributed by atoms with Gasteiger partial charge in [0.15, 0.2) is 17.7 Å². The maximum Gasteiger partial charge on any atom is 0.337 e. The first kappa shape index (κ1) is 34.2. The molecule has 1 aliphatic heterocycles. The van der Waals surface area contributed by atoms with Gasteiger partial charge in [0.1, 0.15) is 24.8 Å². The molecule has 0 saturated heterocycles. The number of allylic oxidation sites excluding steroid dienone is 1. The van der Waals surface area contributed by atoms with Crippen LogP contribution in [0.4, 0.5) is 9.18 Å². The van der Waals surface area contributed by atoms with E-state index in [2.05, 4.69) is 66.3 Å². The maximum absolute atomic E-state index is 13.2. The number of halogens is 3. The van der Waals surface area contributed by atoms with Crippen molar-refractivity contribution in [2.45, 2.75) is 32.7 Å². The monoisotopic (exact) mass is 844 g/mol. The van der Waals surface area contributed by atoms with Crippen LogP contribution in [0.1, 0.15) is 36.6 Å². The van der Waals surface area contributed by atoms with E-state index >= 15 is 0 Å². The summed E-state index contributed by atoms with van der Waals surface area (Å²) in [6, 6.07) is 13.7. The summed E-state index contributed by atoms with van der Waals surface area (Å²) in [6.45, 7) is 3.92. The molecule has 0 fully saturated rings. The number of urea groups is 1. The van der Waals surface area contributed by atoms with Crippen LogP contribution in [0, 0.1) is 13.0 Å². The number of amides is 2. The fourth-order valence-corrected chi connectivity index (χ4v) is 6.48. The number of carbonyl (C=O) groups excluding carboxylic acids is 2. The zero-order valence-electron chi connectivity index (χ0n) is 24.5. The van der Waals surface area contributed by atoms with Crippen LogP contribution in [0.25, 0.3) is 0 Å². The van der Waals surface area contributed by atoms with E-state index in [4.69, 9.17) is 18.9 Å². The highest BCUT2D eigenvalue weighted by molar-refractivity contribution is 14.1. The second-order valence-electron chi connectivity index (χ2n) is 9.64. The summed E-state index contributed by atoms with van der Waals surface area (Å²) in [5, 5.41) is 19.9. The highest BCUT2D eigenvalue weighted by Gasteiger charge is 2.32. The second-order valence-corrected chi connectivity index (χ2v) is 12.0. The molecule has 0 spiro atoms. The smallest absolute Gasteiger partial charge is 0.337 e. The lowest BCUT2D eigenvalue weighted by molar-refractivity contribution is -0.136. The number of hydrogen-bond donors (Lipinski definition) is 4. The molecule has 3 aromatic rings. The zero-order chi connectivity index (χ0) is 32.5. The Balaban J connectivity index is 1.37. The largest absolute Gasteiger partial charge is 0.490 e. The highest BCUT2D eigenvalue weighted by Crippen LogP contribution is 2.35. The molecule has 3 aromatic carbocycles. The van der Waals surface area contributed by atoms with Crippen LogP contribution in [0.5, 0.6) is 17.2 Å². The van der Waals surface area contributed by atoms with Crippen LogP contribution in [-0.4, -0.2) is 49.9 Å². The van der Waals surface area contributed by atoms with Crippen molar-refractivity contribution in [1.29, 1.82) is 0 Å². The third-order valence-corrected chi connectivity index (χ3v) is 8.03. The number of benzene rings is 3. The number of hydrogen-bond acceptors (Lipinski definition) is 9. The lowest BCUT2D eigenvalue weighted by Crippen LogP contribution is -2.45. The van der Waals surface area contributed by atoms with Crippen molar-refractivity contribution in [2.24, 2.45) is 5.10 Å². The Bertz CT molecular complexity index is 1580. The number of aliphatic hydroxyl groups excluding tert-OH is 1. The number of rotatable bonds is 13. The molecule has 0 aromatic heterocycles. The Kier molecular flexibility index (Phi) is 12.2. The van der Waals surface area contributed by atoms with Crippen LogP contribution in [0.15, 0.2) is 71.0 Å². The predicted octanol–water partition coefficient (Wildman–Crippen LogP) is 5.13. The van der Waals surface area contributed by atoms with Gasteiger partial charge < -0.3 is 34.7 Å². The number of nitrogens with zero attached hydrogens (tertiary/aromatic N) is 1. The third-order valence-electron chi connectivity index (χ3n) is 6.43. The number of aliphatic hydroxyl groups is 1. The summed E-state index contributed by atoms with van der Waals surface area (Å²) < 4.78 is 37.3. The lowest BCUT2D eigenvalue weighted by Gasteiger charge is -2.28. The van der Waals surface area contributed by atoms with Gasteiger partial charge in [-0.2, -0.15) is 5.10 Å². The standard InChI is InChI=1S/C31H31FI2N4O7/c1-4-43-25-13-20(28-27(30(40)42-3)17(2)36-31(41)37-28)7-10-24(25)44-16-26(39)38-35-14-19-11-22(33)29(23(34)12-19)45-15-18-5-8-21(32)9-6-18/h5-14,26,28,38-39H,4,15-16H2,1-3H3,(H2,36,37,41)/b35-14-/t26-,28-/m1/s1. The first-order chi connectivity index (χ1) is 21.6. The molecule has 0 radical (unpaired) electrons. The van der Waals surface area contributed by atoms with Crippen molar-refractivity contribution in [2.75, 3.05) is 20.3 Å². The molecule has 1 aliphatic rings. The van der Waals surface area contributed by atoms with Crippen molar-refractivity contribution < 1.29 is 38.0 Å². The van der Waals surface area contributed by atoms with E-state index in [1.807, 2.05) is 19.1 Å². The predicted molar refractivity (Wildman–Crippen MR) is 182 cm³/mol. The molecule has 1 heterocycles. The van der Waals surface area contributed by atoms with Gasteiger partial charge in [-0.25, -0.2) is 14.0 Å². The number of carbonyl (C=O) groups is 2. The van der Waals surface area contributed by atoms with Crippen LogP contribution >= 0.6 is 45.2 Å². The van der Waals surface area contributed by atoms with E-state index in [1.54, 1.807) is 43.5 Å². The quantitative estimate of drug-likeness (QED) is 0.0611. The van der Waals surface area contributed by atoms with Gasteiger partial charge in [-0.1, -0.05) is 18.2 Å². The van der Waals surface area contributed by atoms with E-state index in [0.29, 0.717) is 41.7 Å². The molecule has 4 N–H and O–H groups in total. The molecule has 0 bridgehead atoms. The SMILES string of the molecule is CCOc1cc([C@H]2NC(=O)NC(C)=C2C(=O)OC)ccc1OC[C@@H](O)N/N=C\c1cc(I)c(OCc2ccc(F)cc2)c(I)c1. The Morgan fingerprint density at radius 1 is 1.09 bits per heavy atom. The first-order valence-electron chi connectivity index (χ1n) is 13.7. The zero-order valence-corrected chi connectivity index (χ0v) is 28.8. The van der Waals surface area contributed by atoms with Gasteiger partial charge in [0.2, 0.25) is 0 Å². The summed E-state index contributed by atoms with van der Waals surface area (Å²) in [5.74, 6) is 0.562. The molecular weight excluding hydrogens is 813 g/mol. The lowest BCUT2D eigenvalue weighted by atomic mass is 9.95. The summed E-state index contributed by atoms with van der Waals surface area (Å²) in [5.41, 5.74) is 5.51. The van der Waals surface area contributed by atoms with Gasteiger partial charge in [0.25, 0.3) is 0 Å². The van der Waals surface area contributed by atoms with Crippen molar-refractivity contribution in [3.63, 3.8) is 0 Å². The van der Waals surface area contributed by atoms with Gasteiger partial charge >= 0.3 is 12.0 Å². The van der Waals surface area contributed by atoms with Crippen LogP contribution in [-0.2, 0) is 16.1 Å². The molecule has 0 saturated carbocycles. The topological polar surface area (TPSA) is 140 Å². The van der Waals surface area contributed by atoms with Crippen molar-refractivity contribution in [3.05, 3.63) is 95.5 Å². The highest BCUT2D eigenvalue weighted by atomic mass is 127. The Hall–Kier alpha value is -3.64. The average molecular weight is 844 g/mol. The Morgan fingerprint density at radius 2 is 1.80 bits per heavy atom. The van der Waals surface area contributed by atoms with Gasteiger partial charge in [-0.15, -0.1) is 0 Å². The van der Waals surface area contributed by atoms with Crippen LogP contribution < -0.4 is 30.3 Å². The molecule has 2 amide bonds. The summed E-state index contributed by atoms with van der Waals surface area (Å²) in [4.78, 5) is 24.6. The molecule has 2 atom stereocenters. The van der Waals surface area contributed by atoms with E-state index in [-0.39, 0.29) is 18.0 Å². The Labute approximate surface area is 286 Å². The molecule has 11 nitrogen and oxygen atoms in total. The van der Waals surface area contributed by atoms with Crippen molar-refractivity contribution in [3.8, 4) is 17.2 Å².